The number of nitrogens with zero attached hydrogens (tertiary/aromatic N) is 3. The molecular formula is C23H19FN4O2. The van der Waals surface area contributed by atoms with Crippen molar-refractivity contribution in [1.29, 1.82) is 0 Å². The van der Waals surface area contributed by atoms with Crippen LogP contribution in [0.15, 0.2) is 85.5 Å². The molecular weight excluding hydrogens is 383 g/mol. The molecule has 7 heteroatoms. The highest BCUT2D eigenvalue weighted by atomic mass is 19.1. The molecule has 30 heavy (non-hydrogen) atoms. The predicted molar refractivity (Wildman–Crippen MR) is 110 cm³/mol. The fourth-order valence-corrected chi connectivity index (χ4v) is 2.89. The number of aromatic nitrogens is 3. The van der Waals surface area contributed by atoms with E-state index in [9.17, 15) is 9.18 Å². The Hall–Kier alpha value is -4.00. The van der Waals surface area contributed by atoms with Crippen molar-refractivity contribution in [3.8, 4) is 17.2 Å². The van der Waals surface area contributed by atoms with Gasteiger partial charge in [0, 0.05) is 18.9 Å². The molecule has 0 aliphatic carbocycles. The van der Waals surface area contributed by atoms with E-state index in [0.29, 0.717) is 11.3 Å². The smallest absolute Gasteiger partial charge is 0.224 e. The largest absolute Gasteiger partial charge is 0.453 e. The summed E-state index contributed by atoms with van der Waals surface area (Å²) in [7, 11) is 0. The van der Waals surface area contributed by atoms with Crippen molar-refractivity contribution >= 4 is 5.91 Å². The number of para-hydroxylation sites is 1. The molecule has 1 N–H and O–H groups in total. The van der Waals surface area contributed by atoms with E-state index in [0.717, 1.165) is 11.3 Å². The molecule has 6 nitrogen and oxygen atoms in total. The van der Waals surface area contributed by atoms with E-state index >= 15 is 0 Å². The summed E-state index contributed by atoms with van der Waals surface area (Å²) in [6.45, 7) is 0.218. The van der Waals surface area contributed by atoms with Gasteiger partial charge in [0.1, 0.15) is 5.75 Å². The van der Waals surface area contributed by atoms with Gasteiger partial charge in [0.2, 0.25) is 5.91 Å². The molecule has 0 saturated heterocycles. The van der Waals surface area contributed by atoms with Gasteiger partial charge in [0.15, 0.2) is 11.6 Å². The minimum atomic E-state index is -0.505. The number of pyridine rings is 1. The van der Waals surface area contributed by atoms with Crippen LogP contribution in [-0.4, -0.2) is 20.7 Å². The van der Waals surface area contributed by atoms with E-state index in [1.807, 2.05) is 36.5 Å². The van der Waals surface area contributed by atoms with Crippen LogP contribution in [0.4, 0.5) is 4.39 Å². The molecule has 0 aliphatic heterocycles. The predicted octanol–water partition coefficient (Wildman–Crippen LogP) is 4.06. The number of carbonyl (C=O) groups excluding carboxylic acids is 1. The van der Waals surface area contributed by atoms with Crippen molar-refractivity contribution in [2.75, 3.05) is 0 Å². The maximum Gasteiger partial charge on any atom is 0.224 e. The summed E-state index contributed by atoms with van der Waals surface area (Å²) < 4.78 is 21.5. The quantitative estimate of drug-likeness (QED) is 0.506. The average molecular weight is 402 g/mol. The van der Waals surface area contributed by atoms with Crippen LogP contribution < -0.4 is 10.1 Å². The van der Waals surface area contributed by atoms with Gasteiger partial charge < -0.3 is 10.1 Å². The Labute approximate surface area is 173 Å². The van der Waals surface area contributed by atoms with Gasteiger partial charge in [0.05, 0.1) is 24.5 Å². The molecule has 0 atom stereocenters. The second kappa shape index (κ2) is 9.00. The Morgan fingerprint density at radius 3 is 2.67 bits per heavy atom. The van der Waals surface area contributed by atoms with Crippen LogP contribution >= 0.6 is 0 Å². The zero-order chi connectivity index (χ0) is 20.8. The third-order valence-corrected chi connectivity index (χ3v) is 4.37. The fraction of sp³-hybridized carbons (Fsp3) is 0.0870. The van der Waals surface area contributed by atoms with Gasteiger partial charge in [0.25, 0.3) is 0 Å². The van der Waals surface area contributed by atoms with Gasteiger partial charge in [-0.3, -0.25) is 9.78 Å². The van der Waals surface area contributed by atoms with Gasteiger partial charge in [-0.1, -0.05) is 24.3 Å². The topological polar surface area (TPSA) is 69.0 Å². The first-order chi connectivity index (χ1) is 14.7. The van der Waals surface area contributed by atoms with Crippen molar-refractivity contribution in [1.82, 2.24) is 20.1 Å². The van der Waals surface area contributed by atoms with Gasteiger partial charge in [-0.05, 0) is 47.5 Å². The number of nitrogens with one attached hydrogen (secondary N) is 1. The summed E-state index contributed by atoms with van der Waals surface area (Å²) in [6.07, 6.45) is 6.79. The Bertz CT molecular complexity index is 1130. The molecule has 0 spiro atoms. The van der Waals surface area contributed by atoms with Crippen molar-refractivity contribution in [3.63, 3.8) is 0 Å². The van der Waals surface area contributed by atoms with Crippen molar-refractivity contribution in [3.05, 3.63) is 102 Å². The highest BCUT2D eigenvalue weighted by Crippen LogP contribution is 2.24. The zero-order valence-corrected chi connectivity index (χ0v) is 16.0. The lowest BCUT2D eigenvalue weighted by molar-refractivity contribution is -0.120. The summed E-state index contributed by atoms with van der Waals surface area (Å²) in [5.74, 6) is -0.117. The van der Waals surface area contributed by atoms with Crippen molar-refractivity contribution in [2.45, 2.75) is 13.0 Å². The molecule has 1 amide bonds. The van der Waals surface area contributed by atoms with Crippen LogP contribution in [-0.2, 0) is 17.8 Å². The number of rotatable bonds is 7. The number of carbonyl (C=O) groups is 1. The van der Waals surface area contributed by atoms with Crippen LogP contribution in [0.5, 0.6) is 11.5 Å². The van der Waals surface area contributed by atoms with Crippen LogP contribution in [0.1, 0.15) is 11.1 Å². The molecule has 0 fully saturated rings. The third-order valence-electron chi connectivity index (χ3n) is 4.37. The molecule has 2 aromatic heterocycles. The molecule has 0 saturated carbocycles. The number of amides is 1. The number of hydrogen-bond donors (Lipinski definition) is 1. The fourth-order valence-electron chi connectivity index (χ4n) is 2.89. The molecule has 0 aliphatic rings. The lowest BCUT2D eigenvalue weighted by Gasteiger charge is -2.09. The monoisotopic (exact) mass is 402 g/mol. The zero-order valence-electron chi connectivity index (χ0n) is 16.0. The normalized spacial score (nSPS) is 10.6. The lowest BCUT2D eigenvalue weighted by atomic mass is 10.2. The minimum absolute atomic E-state index is 0.103. The highest BCUT2D eigenvalue weighted by Gasteiger charge is 2.09. The summed E-state index contributed by atoms with van der Waals surface area (Å²) in [4.78, 5) is 16.2. The highest BCUT2D eigenvalue weighted by molar-refractivity contribution is 5.78. The summed E-state index contributed by atoms with van der Waals surface area (Å²) in [5.41, 5.74) is 2.36. The van der Waals surface area contributed by atoms with E-state index in [1.165, 1.54) is 18.3 Å². The molecule has 0 unspecified atom stereocenters. The second-order valence-corrected chi connectivity index (χ2v) is 6.64. The van der Waals surface area contributed by atoms with Crippen LogP contribution in [0, 0.1) is 5.82 Å². The molecule has 4 rings (SSSR count). The first-order valence-electron chi connectivity index (χ1n) is 9.39. The van der Waals surface area contributed by atoms with E-state index in [1.54, 1.807) is 35.3 Å². The SMILES string of the molecule is O=C(Cc1cnn(-c2ccccc2)c1)NCc1ccc(Oc2cccnc2)c(F)c1. The van der Waals surface area contributed by atoms with Gasteiger partial charge in [-0.15, -0.1) is 0 Å². The van der Waals surface area contributed by atoms with Gasteiger partial charge in [-0.2, -0.15) is 5.10 Å². The molecule has 0 radical (unpaired) electrons. The van der Waals surface area contributed by atoms with Gasteiger partial charge >= 0.3 is 0 Å². The number of halogens is 1. The number of hydrogen-bond acceptors (Lipinski definition) is 4. The number of ether oxygens (including phenoxy) is 1. The van der Waals surface area contributed by atoms with Crippen LogP contribution in [0.25, 0.3) is 5.69 Å². The van der Waals surface area contributed by atoms with E-state index in [-0.39, 0.29) is 24.6 Å². The molecule has 4 aromatic rings. The Morgan fingerprint density at radius 1 is 1.03 bits per heavy atom. The average Bonchev–Trinajstić information content (AvgIpc) is 3.24. The molecule has 2 aromatic carbocycles. The Kier molecular flexibility index (Phi) is 5.80. The molecule has 0 bridgehead atoms. The Balaban J connectivity index is 1.32. The van der Waals surface area contributed by atoms with Gasteiger partial charge in [-0.25, -0.2) is 9.07 Å². The number of benzene rings is 2. The van der Waals surface area contributed by atoms with E-state index in [2.05, 4.69) is 15.4 Å². The minimum Gasteiger partial charge on any atom is -0.453 e. The summed E-state index contributed by atoms with van der Waals surface area (Å²) >= 11 is 0. The summed E-state index contributed by atoms with van der Waals surface area (Å²) in [5, 5.41) is 7.08. The maximum atomic E-state index is 14.3. The third kappa shape index (κ3) is 4.88. The lowest BCUT2D eigenvalue weighted by Crippen LogP contribution is -2.24. The Morgan fingerprint density at radius 2 is 1.90 bits per heavy atom. The van der Waals surface area contributed by atoms with Crippen molar-refractivity contribution < 1.29 is 13.9 Å². The van der Waals surface area contributed by atoms with Crippen LogP contribution in [0.2, 0.25) is 0 Å². The molecule has 2 heterocycles. The standard InChI is InChI=1S/C23H19FN4O2/c24-21-11-17(8-9-22(21)30-20-7-4-10-25-15-20)13-26-23(29)12-18-14-27-28(16-18)19-5-2-1-3-6-19/h1-11,14-16H,12-13H2,(H,26,29). The van der Waals surface area contributed by atoms with Crippen LogP contribution in [0.3, 0.4) is 0 Å². The molecule has 150 valence electrons. The summed E-state index contributed by atoms with van der Waals surface area (Å²) in [6, 6.07) is 17.7. The second-order valence-electron chi connectivity index (χ2n) is 6.64. The van der Waals surface area contributed by atoms with E-state index in [4.69, 9.17) is 4.74 Å². The first-order valence-corrected chi connectivity index (χ1v) is 9.39. The van der Waals surface area contributed by atoms with Crippen molar-refractivity contribution in [2.24, 2.45) is 0 Å². The van der Waals surface area contributed by atoms with E-state index < -0.39 is 5.82 Å². The maximum absolute atomic E-state index is 14.3. The first kappa shape index (κ1) is 19.3.